The molecule has 1 aromatic heterocycles. The van der Waals surface area contributed by atoms with E-state index in [1.807, 2.05) is 24.3 Å². The Hall–Kier alpha value is -4.21. The number of para-hydroxylation sites is 2. The van der Waals surface area contributed by atoms with Gasteiger partial charge in [0.05, 0.1) is 19.3 Å². The van der Waals surface area contributed by atoms with Gasteiger partial charge in [-0.3, -0.25) is 14.2 Å². The summed E-state index contributed by atoms with van der Waals surface area (Å²) in [5.74, 6) is 1.54. The van der Waals surface area contributed by atoms with Crippen molar-refractivity contribution in [2.75, 3.05) is 45.0 Å². The molecule has 1 saturated heterocycles. The third-order valence-corrected chi connectivity index (χ3v) is 6.06. The van der Waals surface area contributed by atoms with Gasteiger partial charge in [-0.05, 0) is 29.8 Å². The molecule has 0 radical (unpaired) electrons. The largest absolute Gasteiger partial charge is 0.495 e. The van der Waals surface area contributed by atoms with Crippen LogP contribution in [0.25, 0.3) is 0 Å². The number of fused-ring (bicyclic) bond motifs is 1. The average Bonchev–Trinajstić information content (AvgIpc) is 3.34. The van der Waals surface area contributed by atoms with Crippen molar-refractivity contribution in [3.63, 3.8) is 0 Å². The zero-order valence-corrected chi connectivity index (χ0v) is 18.7. The molecule has 0 unspecified atom stereocenters. The summed E-state index contributed by atoms with van der Waals surface area (Å²) in [5, 5.41) is 0. The van der Waals surface area contributed by atoms with Crippen LogP contribution in [0, 0.1) is 0 Å². The van der Waals surface area contributed by atoms with Gasteiger partial charge in [-0.1, -0.05) is 18.2 Å². The fourth-order valence-electron chi connectivity index (χ4n) is 4.24. The van der Waals surface area contributed by atoms with Crippen LogP contribution in [-0.2, 0) is 6.54 Å². The van der Waals surface area contributed by atoms with E-state index in [0.29, 0.717) is 43.2 Å². The number of carbonyl (C=O) groups excluding carboxylic acids is 1. The number of nitrogens with one attached hydrogen (secondary N) is 1. The molecule has 10 nitrogen and oxygen atoms in total. The van der Waals surface area contributed by atoms with Crippen LogP contribution in [-0.4, -0.2) is 60.4 Å². The quantitative estimate of drug-likeness (QED) is 0.606. The molecule has 0 spiro atoms. The van der Waals surface area contributed by atoms with Crippen molar-refractivity contribution in [2.24, 2.45) is 0 Å². The van der Waals surface area contributed by atoms with E-state index in [0.717, 1.165) is 16.0 Å². The van der Waals surface area contributed by atoms with Crippen LogP contribution in [0.1, 0.15) is 15.9 Å². The highest BCUT2D eigenvalue weighted by Crippen LogP contribution is 2.32. The summed E-state index contributed by atoms with van der Waals surface area (Å²) in [6.07, 6.45) is 1.20. The van der Waals surface area contributed by atoms with E-state index in [4.69, 9.17) is 14.2 Å². The lowest BCUT2D eigenvalue weighted by atomic mass is 10.2. The third-order valence-electron chi connectivity index (χ3n) is 6.06. The number of ether oxygens (including phenoxy) is 3. The number of amides is 1. The van der Waals surface area contributed by atoms with Crippen LogP contribution in [0.2, 0.25) is 0 Å². The molecule has 3 aromatic rings. The van der Waals surface area contributed by atoms with E-state index in [2.05, 4.69) is 9.88 Å². The predicted octanol–water partition coefficient (Wildman–Crippen LogP) is 1.28. The van der Waals surface area contributed by atoms with Crippen LogP contribution < -0.4 is 30.4 Å². The second-order valence-corrected chi connectivity index (χ2v) is 8.04. The molecule has 1 N–H and O–H groups in total. The molecule has 0 atom stereocenters. The molecule has 1 amide bonds. The van der Waals surface area contributed by atoms with E-state index in [1.54, 1.807) is 30.2 Å². The summed E-state index contributed by atoms with van der Waals surface area (Å²) in [6, 6.07) is 12.9. The van der Waals surface area contributed by atoms with Crippen LogP contribution in [0.15, 0.2) is 58.3 Å². The number of anilines is 1. The minimum absolute atomic E-state index is 0.00745. The number of carbonyl (C=O) groups is 1. The lowest BCUT2D eigenvalue weighted by molar-refractivity contribution is 0.0743. The highest BCUT2D eigenvalue weighted by Gasteiger charge is 2.26. The zero-order chi connectivity index (χ0) is 23.7. The summed E-state index contributed by atoms with van der Waals surface area (Å²) in [7, 11) is 1.63. The molecule has 2 aromatic carbocycles. The molecular formula is C24H24N4O6. The van der Waals surface area contributed by atoms with Crippen molar-refractivity contribution in [3.8, 4) is 17.2 Å². The Balaban J connectivity index is 1.33. The van der Waals surface area contributed by atoms with Crippen molar-refractivity contribution >= 4 is 11.6 Å². The second kappa shape index (κ2) is 8.97. The van der Waals surface area contributed by atoms with Crippen molar-refractivity contribution in [2.45, 2.75) is 6.54 Å². The number of nitrogens with zero attached hydrogens (tertiary/aromatic N) is 3. The van der Waals surface area contributed by atoms with Crippen molar-refractivity contribution in [3.05, 3.63) is 80.6 Å². The number of rotatable bonds is 5. The lowest BCUT2D eigenvalue weighted by Gasteiger charge is -2.36. The van der Waals surface area contributed by atoms with Crippen LogP contribution in [0.5, 0.6) is 17.2 Å². The first-order chi connectivity index (χ1) is 16.5. The second-order valence-electron chi connectivity index (χ2n) is 8.04. The third kappa shape index (κ3) is 3.98. The first-order valence-corrected chi connectivity index (χ1v) is 10.9. The maximum atomic E-state index is 13.2. The molecular weight excluding hydrogens is 440 g/mol. The Labute approximate surface area is 194 Å². The Morgan fingerprint density at radius 2 is 1.79 bits per heavy atom. The molecule has 2 aliphatic heterocycles. The highest BCUT2D eigenvalue weighted by atomic mass is 16.7. The molecule has 0 aliphatic carbocycles. The van der Waals surface area contributed by atoms with Gasteiger partial charge >= 0.3 is 5.69 Å². The van der Waals surface area contributed by atoms with E-state index in [9.17, 15) is 14.4 Å². The van der Waals surface area contributed by atoms with Gasteiger partial charge in [0.15, 0.2) is 11.5 Å². The number of aromatic nitrogens is 2. The molecule has 3 heterocycles. The van der Waals surface area contributed by atoms with Gasteiger partial charge in [-0.25, -0.2) is 4.79 Å². The lowest BCUT2D eigenvalue weighted by Crippen LogP contribution is -2.50. The minimum atomic E-state index is -0.626. The summed E-state index contributed by atoms with van der Waals surface area (Å²) < 4.78 is 17.1. The first kappa shape index (κ1) is 21.6. The number of piperazine rings is 1. The van der Waals surface area contributed by atoms with Gasteiger partial charge < -0.3 is 29.0 Å². The average molecular weight is 464 g/mol. The summed E-state index contributed by atoms with van der Waals surface area (Å²) >= 11 is 0. The maximum absolute atomic E-state index is 13.2. The van der Waals surface area contributed by atoms with Crippen LogP contribution in [0.3, 0.4) is 0 Å². The summed E-state index contributed by atoms with van der Waals surface area (Å²) in [6.45, 7) is 2.22. The molecule has 0 bridgehead atoms. The van der Waals surface area contributed by atoms with Crippen molar-refractivity contribution in [1.82, 2.24) is 14.5 Å². The molecule has 0 saturated carbocycles. The fraction of sp³-hybridized carbons (Fsp3) is 0.292. The number of hydrogen-bond donors (Lipinski definition) is 1. The smallest absolute Gasteiger partial charge is 0.328 e. The SMILES string of the molecule is COc1ccccc1N1CCN(C(=O)c2c[nH]c(=O)n(Cc3ccc4c(c3)OCO4)c2=O)CC1. The van der Waals surface area contributed by atoms with Crippen LogP contribution >= 0.6 is 0 Å². The molecule has 5 rings (SSSR count). The number of H-pyrrole nitrogens is 1. The molecule has 34 heavy (non-hydrogen) atoms. The number of hydrogen-bond acceptors (Lipinski definition) is 7. The molecule has 10 heteroatoms. The van der Waals surface area contributed by atoms with Gasteiger partial charge in [0.1, 0.15) is 11.3 Å². The van der Waals surface area contributed by atoms with Crippen molar-refractivity contribution in [1.29, 1.82) is 0 Å². The topological polar surface area (TPSA) is 106 Å². The Kier molecular flexibility index (Phi) is 5.70. The molecule has 2 aliphatic rings. The maximum Gasteiger partial charge on any atom is 0.328 e. The first-order valence-electron chi connectivity index (χ1n) is 10.9. The van der Waals surface area contributed by atoms with E-state index < -0.39 is 17.2 Å². The summed E-state index contributed by atoms with van der Waals surface area (Å²) in [5.41, 5.74) is 0.379. The Morgan fingerprint density at radius 3 is 2.59 bits per heavy atom. The Bertz CT molecular complexity index is 1340. The van der Waals surface area contributed by atoms with E-state index in [-0.39, 0.29) is 18.9 Å². The molecule has 1 fully saturated rings. The fourth-order valence-corrected chi connectivity index (χ4v) is 4.24. The van der Waals surface area contributed by atoms with E-state index in [1.165, 1.54) is 6.20 Å². The minimum Gasteiger partial charge on any atom is -0.495 e. The monoisotopic (exact) mass is 464 g/mol. The number of benzene rings is 2. The van der Waals surface area contributed by atoms with E-state index >= 15 is 0 Å². The van der Waals surface area contributed by atoms with Gasteiger partial charge in [0.25, 0.3) is 11.5 Å². The number of aromatic amines is 1. The highest BCUT2D eigenvalue weighted by molar-refractivity contribution is 5.93. The normalized spacial score (nSPS) is 14.9. The predicted molar refractivity (Wildman–Crippen MR) is 124 cm³/mol. The molecule has 176 valence electrons. The van der Waals surface area contributed by atoms with Gasteiger partial charge in [0, 0.05) is 32.4 Å². The Morgan fingerprint density at radius 1 is 1.03 bits per heavy atom. The van der Waals surface area contributed by atoms with Gasteiger partial charge in [0.2, 0.25) is 6.79 Å². The summed E-state index contributed by atoms with van der Waals surface area (Å²) in [4.78, 5) is 45.0. The van der Waals surface area contributed by atoms with Crippen LogP contribution in [0.4, 0.5) is 5.69 Å². The van der Waals surface area contributed by atoms with Gasteiger partial charge in [-0.2, -0.15) is 0 Å². The number of methoxy groups -OCH3 is 1. The standard InChI is InChI=1S/C24H24N4O6/c1-32-19-5-3-2-4-18(19)26-8-10-27(11-9-26)22(29)17-13-25-24(31)28(23(17)30)14-16-6-7-20-21(12-16)34-15-33-20/h2-7,12-13H,8-11,14-15H2,1H3,(H,25,31). The zero-order valence-electron chi connectivity index (χ0n) is 18.7. The van der Waals surface area contributed by atoms with Gasteiger partial charge in [-0.15, -0.1) is 0 Å². The van der Waals surface area contributed by atoms with Crippen molar-refractivity contribution < 1.29 is 19.0 Å².